The third-order valence-electron chi connectivity index (χ3n) is 5.33. The van der Waals surface area contributed by atoms with Gasteiger partial charge in [0.15, 0.2) is 5.78 Å². The second-order valence-corrected chi connectivity index (χ2v) is 6.15. The molecule has 0 spiro atoms. The number of carbonyl (C=O) groups excluding carboxylic acids is 1. The van der Waals surface area contributed by atoms with Crippen LogP contribution < -0.4 is 0 Å². The maximum Gasteiger partial charge on any atom is 0.163 e. The van der Waals surface area contributed by atoms with E-state index in [2.05, 4.69) is 35.8 Å². The van der Waals surface area contributed by atoms with Gasteiger partial charge in [-0.15, -0.1) is 0 Å². The molecule has 4 rings (SSSR count). The lowest BCUT2D eigenvalue weighted by atomic mass is 9.68. The van der Waals surface area contributed by atoms with E-state index in [-0.39, 0.29) is 11.2 Å². The van der Waals surface area contributed by atoms with Gasteiger partial charge in [0.25, 0.3) is 0 Å². The van der Waals surface area contributed by atoms with Crippen LogP contribution in [-0.4, -0.2) is 16.0 Å². The van der Waals surface area contributed by atoms with E-state index in [1.54, 1.807) is 6.08 Å². The average Bonchev–Trinajstić information content (AvgIpc) is 3.09. The molecule has 0 amide bonds. The number of hydrogen-bond donors (Lipinski definition) is 1. The maximum atomic E-state index is 12.3. The van der Waals surface area contributed by atoms with E-state index in [1.807, 2.05) is 6.20 Å². The number of nitrogens with one attached hydrogen (secondary N) is 1. The number of nitrogens with zero attached hydrogens (tertiary/aromatic N) is 1. The van der Waals surface area contributed by atoms with Crippen molar-refractivity contribution in [2.24, 2.45) is 5.41 Å². The topological polar surface area (TPSA) is 45.8 Å². The second-order valence-electron chi connectivity index (χ2n) is 6.15. The van der Waals surface area contributed by atoms with Crippen molar-refractivity contribution in [3.05, 3.63) is 47.7 Å². The monoisotopic (exact) mass is 278 g/mol. The third-order valence-corrected chi connectivity index (χ3v) is 5.33. The number of aromatic nitrogens is 2. The first-order valence-electron chi connectivity index (χ1n) is 7.56. The molecule has 0 fully saturated rings. The molecule has 3 nitrogen and oxygen atoms in total. The smallest absolute Gasteiger partial charge is 0.163 e. The van der Waals surface area contributed by atoms with Gasteiger partial charge < -0.3 is 0 Å². The summed E-state index contributed by atoms with van der Waals surface area (Å²) < 4.78 is 0. The van der Waals surface area contributed by atoms with Gasteiger partial charge in [-0.25, -0.2) is 0 Å². The number of fused-ring (bicyclic) bond motifs is 5. The Hall–Kier alpha value is -2.16. The van der Waals surface area contributed by atoms with E-state index in [9.17, 15) is 4.79 Å². The molecule has 2 aliphatic carbocycles. The molecule has 0 radical (unpaired) electrons. The molecule has 1 aromatic heterocycles. The summed E-state index contributed by atoms with van der Waals surface area (Å²) in [4.78, 5) is 12.3. The van der Waals surface area contributed by atoms with E-state index >= 15 is 0 Å². The zero-order valence-corrected chi connectivity index (χ0v) is 12.2. The molecular weight excluding hydrogens is 260 g/mol. The number of aromatic amines is 1. The number of benzene rings is 1. The van der Waals surface area contributed by atoms with Gasteiger partial charge in [0, 0.05) is 22.8 Å². The predicted molar refractivity (Wildman–Crippen MR) is 83.9 cm³/mol. The van der Waals surface area contributed by atoms with Crippen molar-refractivity contribution in [3.63, 3.8) is 0 Å². The summed E-state index contributed by atoms with van der Waals surface area (Å²) >= 11 is 0. The van der Waals surface area contributed by atoms with Gasteiger partial charge in [-0.05, 0) is 42.0 Å². The number of H-pyrrole nitrogens is 1. The Balaban J connectivity index is 2.09. The van der Waals surface area contributed by atoms with Crippen LogP contribution >= 0.6 is 0 Å². The third kappa shape index (κ3) is 1.49. The van der Waals surface area contributed by atoms with Crippen molar-refractivity contribution >= 4 is 22.3 Å². The van der Waals surface area contributed by atoms with Crippen molar-refractivity contribution in [3.8, 4) is 0 Å². The van der Waals surface area contributed by atoms with Gasteiger partial charge in [-0.3, -0.25) is 9.89 Å². The molecule has 2 aliphatic rings. The normalized spacial score (nSPS) is 24.3. The van der Waals surface area contributed by atoms with Crippen LogP contribution in [0.2, 0.25) is 0 Å². The van der Waals surface area contributed by atoms with Crippen molar-refractivity contribution in [1.29, 1.82) is 0 Å². The van der Waals surface area contributed by atoms with Gasteiger partial charge in [-0.2, -0.15) is 5.10 Å². The van der Waals surface area contributed by atoms with Gasteiger partial charge >= 0.3 is 0 Å². The highest BCUT2D eigenvalue weighted by atomic mass is 16.1. The van der Waals surface area contributed by atoms with Gasteiger partial charge in [0.1, 0.15) is 0 Å². The van der Waals surface area contributed by atoms with Crippen LogP contribution in [0.1, 0.15) is 37.3 Å². The molecule has 0 bridgehead atoms. The average molecular weight is 278 g/mol. The molecule has 1 unspecified atom stereocenters. The molecule has 2 aromatic rings. The van der Waals surface area contributed by atoms with Crippen molar-refractivity contribution < 1.29 is 4.79 Å². The molecule has 1 heterocycles. The number of Topliss-reactive ketones (excluding diaryl/α,β-unsaturated/α-hetero) is 1. The molecular formula is C18H18N2O. The summed E-state index contributed by atoms with van der Waals surface area (Å²) in [6.07, 6.45) is 7.32. The van der Waals surface area contributed by atoms with E-state index in [1.165, 1.54) is 22.1 Å². The molecule has 1 N–H and O–H groups in total. The van der Waals surface area contributed by atoms with E-state index in [0.717, 1.165) is 30.4 Å². The van der Waals surface area contributed by atoms with Crippen LogP contribution in [-0.2, 0) is 11.2 Å². The lowest BCUT2D eigenvalue weighted by Crippen LogP contribution is -2.27. The fourth-order valence-electron chi connectivity index (χ4n) is 4.18. The molecule has 0 saturated heterocycles. The molecule has 0 saturated carbocycles. The number of hydrogen-bond acceptors (Lipinski definition) is 2. The van der Waals surface area contributed by atoms with Gasteiger partial charge in [-0.1, -0.05) is 25.6 Å². The number of ketones is 1. The van der Waals surface area contributed by atoms with E-state index in [4.69, 9.17) is 0 Å². The van der Waals surface area contributed by atoms with Crippen LogP contribution in [0.3, 0.4) is 0 Å². The first-order valence-corrected chi connectivity index (χ1v) is 7.56. The quantitative estimate of drug-likeness (QED) is 0.907. The highest BCUT2D eigenvalue weighted by Crippen LogP contribution is 2.56. The fraction of sp³-hybridized carbons (Fsp3) is 0.333. The maximum absolute atomic E-state index is 12.3. The minimum absolute atomic E-state index is 0.103. The molecule has 1 aromatic carbocycles. The van der Waals surface area contributed by atoms with Crippen LogP contribution in [0.4, 0.5) is 0 Å². The fourth-order valence-corrected chi connectivity index (χ4v) is 4.18. The van der Waals surface area contributed by atoms with Crippen LogP contribution in [0, 0.1) is 5.41 Å². The minimum atomic E-state index is 0.103. The molecule has 3 heteroatoms. The number of rotatable bonds is 2. The lowest BCUT2D eigenvalue weighted by molar-refractivity contribution is -0.116. The Labute approximate surface area is 123 Å². The Morgan fingerprint density at radius 2 is 2.33 bits per heavy atom. The highest BCUT2D eigenvalue weighted by molar-refractivity contribution is 6.09. The Bertz CT molecular complexity index is 812. The summed E-state index contributed by atoms with van der Waals surface area (Å²) in [5.74, 6) is 0.240. The molecule has 0 aliphatic heterocycles. The van der Waals surface area contributed by atoms with Gasteiger partial charge in [0.05, 0.1) is 11.7 Å². The zero-order valence-electron chi connectivity index (χ0n) is 12.2. The zero-order chi connectivity index (χ0) is 14.6. The van der Waals surface area contributed by atoms with E-state index in [0.29, 0.717) is 6.42 Å². The van der Waals surface area contributed by atoms with Crippen molar-refractivity contribution in [2.45, 2.75) is 32.6 Å². The number of carbonyl (C=O) groups is 1. The largest absolute Gasteiger partial charge is 0.294 e. The van der Waals surface area contributed by atoms with Crippen molar-refractivity contribution in [1.82, 2.24) is 10.2 Å². The lowest BCUT2D eigenvalue weighted by Gasteiger charge is -2.34. The Kier molecular flexibility index (Phi) is 2.49. The Morgan fingerprint density at radius 3 is 3.10 bits per heavy atom. The van der Waals surface area contributed by atoms with Crippen LogP contribution in [0.5, 0.6) is 0 Å². The highest BCUT2D eigenvalue weighted by Gasteiger charge is 2.45. The molecule has 21 heavy (non-hydrogen) atoms. The number of allylic oxidation sites excluding steroid dienone is 3. The van der Waals surface area contributed by atoms with Gasteiger partial charge in [0.2, 0.25) is 0 Å². The SMILES string of the molecule is C=CC1=C2c3ccc4[nH]ncc4c3CC2(CC)CCC1=O. The first kappa shape index (κ1) is 12.6. The van der Waals surface area contributed by atoms with Crippen molar-refractivity contribution in [2.75, 3.05) is 0 Å². The summed E-state index contributed by atoms with van der Waals surface area (Å²) in [6, 6.07) is 4.21. The van der Waals surface area contributed by atoms with E-state index < -0.39 is 0 Å². The minimum Gasteiger partial charge on any atom is -0.294 e. The predicted octanol–water partition coefficient (Wildman–Crippen LogP) is 3.82. The first-order chi connectivity index (χ1) is 10.2. The summed E-state index contributed by atoms with van der Waals surface area (Å²) in [5.41, 5.74) is 5.82. The summed E-state index contributed by atoms with van der Waals surface area (Å²) in [5, 5.41) is 8.41. The standard InChI is InChI=1S/C18H18N2O/c1-3-11-16(21)7-8-18(4-2)9-13-12(17(11)18)5-6-15-14(13)10-19-20-15/h3,5-6,10H,1,4,7-9H2,2H3,(H,19,20). The van der Waals surface area contributed by atoms with Crippen LogP contribution in [0.25, 0.3) is 16.5 Å². The second kappa shape index (κ2) is 4.17. The Morgan fingerprint density at radius 1 is 1.48 bits per heavy atom. The summed E-state index contributed by atoms with van der Waals surface area (Å²) in [6.45, 7) is 6.12. The van der Waals surface area contributed by atoms with Crippen LogP contribution in [0.15, 0.2) is 36.6 Å². The summed E-state index contributed by atoms with van der Waals surface area (Å²) in [7, 11) is 0. The molecule has 106 valence electrons. The molecule has 1 atom stereocenters.